The van der Waals surface area contributed by atoms with E-state index in [-0.39, 0.29) is 18.2 Å². The standard InChI is InChI=1S/C29H33ClN2O2/c1-3-4-17-31-29(34)27(19-23-9-6-5-7-10-23)32(21-25-11-8-12-26(30)18-25)28(33)20-24-15-13-22(2)14-16-24/h5-16,18,27H,3-4,17,19-21H2,1-2H3,(H,31,34). The van der Waals surface area contributed by atoms with Crippen LogP contribution in [0.3, 0.4) is 0 Å². The van der Waals surface area contributed by atoms with Crippen molar-refractivity contribution in [1.82, 2.24) is 10.2 Å². The third kappa shape index (κ3) is 7.74. The maximum Gasteiger partial charge on any atom is 0.243 e. The molecule has 0 saturated carbocycles. The van der Waals surface area contributed by atoms with E-state index < -0.39 is 6.04 Å². The van der Waals surface area contributed by atoms with Gasteiger partial charge in [-0.2, -0.15) is 0 Å². The fourth-order valence-corrected chi connectivity index (χ4v) is 4.09. The Labute approximate surface area is 207 Å². The van der Waals surface area contributed by atoms with Gasteiger partial charge in [0, 0.05) is 24.5 Å². The van der Waals surface area contributed by atoms with E-state index in [0.717, 1.165) is 35.1 Å². The Kier molecular flexibility index (Phi) is 9.72. The van der Waals surface area contributed by atoms with E-state index in [9.17, 15) is 9.59 Å². The van der Waals surface area contributed by atoms with Crippen molar-refractivity contribution >= 4 is 23.4 Å². The van der Waals surface area contributed by atoms with Crippen LogP contribution in [0.5, 0.6) is 0 Å². The quantitative estimate of drug-likeness (QED) is 0.358. The number of carbonyl (C=O) groups excluding carboxylic acids is 2. The highest BCUT2D eigenvalue weighted by Gasteiger charge is 2.30. The van der Waals surface area contributed by atoms with Crippen LogP contribution < -0.4 is 5.32 Å². The molecule has 2 amide bonds. The summed E-state index contributed by atoms with van der Waals surface area (Å²) in [7, 11) is 0. The molecule has 3 aromatic rings. The highest BCUT2D eigenvalue weighted by molar-refractivity contribution is 6.30. The summed E-state index contributed by atoms with van der Waals surface area (Å²) in [4.78, 5) is 28.8. The number of aryl methyl sites for hydroxylation is 1. The maximum atomic E-state index is 13.7. The molecule has 1 atom stereocenters. The SMILES string of the molecule is CCCCNC(=O)C(Cc1ccccc1)N(Cc1cccc(Cl)c1)C(=O)Cc1ccc(C)cc1. The van der Waals surface area contributed by atoms with Gasteiger partial charge in [-0.05, 0) is 42.2 Å². The number of hydrogen-bond acceptors (Lipinski definition) is 2. The summed E-state index contributed by atoms with van der Waals surface area (Å²) in [5.74, 6) is -0.216. The van der Waals surface area contributed by atoms with Gasteiger partial charge in [0.25, 0.3) is 0 Å². The van der Waals surface area contributed by atoms with Gasteiger partial charge in [0.2, 0.25) is 11.8 Å². The van der Waals surface area contributed by atoms with Crippen molar-refractivity contribution in [3.8, 4) is 0 Å². The molecule has 0 spiro atoms. The molecule has 0 aliphatic carbocycles. The lowest BCUT2D eigenvalue weighted by Crippen LogP contribution is -2.51. The zero-order valence-electron chi connectivity index (χ0n) is 20.0. The van der Waals surface area contributed by atoms with E-state index in [1.165, 1.54) is 0 Å². The summed E-state index contributed by atoms with van der Waals surface area (Å²) in [5.41, 5.74) is 3.97. The molecule has 0 aliphatic rings. The van der Waals surface area contributed by atoms with Crippen LogP contribution in [0.15, 0.2) is 78.9 Å². The summed E-state index contributed by atoms with van der Waals surface area (Å²) >= 11 is 6.23. The Balaban J connectivity index is 1.93. The predicted molar refractivity (Wildman–Crippen MR) is 139 cm³/mol. The van der Waals surface area contributed by atoms with Crippen LogP contribution in [-0.4, -0.2) is 29.3 Å². The molecular weight excluding hydrogens is 444 g/mol. The number of rotatable bonds is 11. The van der Waals surface area contributed by atoms with E-state index in [0.29, 0.717) is 24.5 Å². The molecule has 3 rings (SSSR count). The lowest BCUT2D eigenvalue weighted by Gasteiger charge is -2.32. The topological polar surface area (TPSA) is 49.4 Å². The number of benzene rings is 3. The van der Waals surface area contributed by atoms with Crippen LogP contribution in [0.1, 0.15) is 42.0 Å². The average molecular weight is 477 g/mol. The average Bonchev–Trinajstić information content (AvgIpc) is 2.83. The van der Waals surface area contributed by atoms with Gasteiger partial charge in [-0.15, -0.1) is 0 Å². The van der Waals surface area contributed by atoms with Gasteiger partial charge in [-0.3, -0.25) is 9.59 Å². The van der Waals surface area contributed by atoms with Crippen LogP contribution in [0, 0.1) is 6.92 Å². The zero-order valence-corrected chi connectivity index (χ0v) is 20.7. The molecule has 5 heteroatoms. The van der Waals surface area contributed by atoms with Gasteiger partial charge < -0.3 is 10.2 Å². The van der Waals surface area contributed by atoms with Crippen LogP contribution in [0.4, 0.5) is 0 Å². The molecule has 0 bridgehead atoms. The zero-order chi connectivity index (χ0) is 24.3. The van der Waals surface area contributed by atoms with Gasteiger partial charge in [0.15, 0.2) is 0 Å². The minimum atomic E-state index is -0.629. The van der Waals surface area contributed by atoms with Crippen molar-refractivity contribution in [3.63, 3.8) is 0 Å². The number of unbranched alkanes of at least 4 members (excludes halogenated alkanes) is 1. The first-order valence-corrected chi connectivity index (χ1v) is 12.2. The number of halogens is 1. The lowest BCUT2D eigenvalue weighted by molar-refractivity contribution is -0.140. The summed E-state index contributed by atoms with van der Waals surface area (Å²) in [5, 5.41) is 3.66. The molecule has 34 heavy (non-hydrogen) atoms. The second kappa shape index (κ2) is 13.0. The van der Waals surface area contributed by atoms with E-state index in [4.69, 9.17) is 11.6 Å². The molecule has 178 valence electrons. The summed E-state index contributed by atoms with van der Waals surface area (Å²) in [6.07, 6.45) is 2.56. The Morgan fingerprint density at radius 3 is 2.29 bits per heavy atom. The fourth-order valence-electron chi connectivity index (χ4n) is 3.87. The smallest absolute Gasteiger partial charge is 0.243 e. The normalized spacial score (nSPS) is 11.6. The van der Waals surface area contributed by atoms with Crippen molar-refractivity contribution in [3.05, 3.63) is 106 Å². The second-order valence-electron chi connectivity index (χ2n) is 8.66. The molecule has 1 N–H and O–H groups in total. The number of carbonyl (C=O) groups is 2. The number of hydrogen-bond donors (Lipinski definition) is 1. The van der Waals surface area contributed by atoms with E-state index in [1.807, 2.05) is 85.8 Å². The van der Waals surface area contributed by atoms with Gasteiger partial charge >= 0.3 is 0 Å². The molecular formula is C29H33ClN2O2. The van der Waals surface area contributed by atoms with Crippen molar-refractivity contribution < 1.29 is 9.59 Å². The fraction of sp³-hybridized carbons (Fsp3) is 0.310. The van der Waals surface area contributed by atoms with E-state index in [2.05, 4.69) is 12.2 Å². The van der Waals surface area contributed by atoms with E-state index >= 15 is 0 Å². The van der Waals surface area contributed by atoms with Crippen LogP contribution in [-0.2, 0) is 29.0 Å². The van der Waals surface area contributed by atoms with Gasteiger partial charge in [0.1, 0.15) is 6.04 Å². The van der Waals surface area contributed by atoms with Gasteiger partial charge in [-0.25, -0.2) is 0 Å². The van der Waals surface area contributed by atoms with E-state index in [1.54, 1.807) is 4.90 Å². The minimum absolute atomic E-state index is 0.0876. The molecule has 0 heterocycles. The first kappa shape index (κ1) is 25.5. The maximum absolute atomic E-state index is 13.7. The second-order valence-corrected chi connectivity index (χ2v) is 9.10. The Morgan fingerprint density at radius 2 is 1.62 bits per heavy atom. The summed E-state index contributed by atoms with van der Waals surface area (Å²) in [6.45, 7) is 5.01. The molecule has 0 fully saturated rings. The van der Waals surface area contributed by atoms with Crippen LogP contribution >= 0.6 is 11.6 Å². The number of amides is 2. The molecule has 3 aromatic carbocycles. The molecule has 4 nitrogen and oxygen atoms in total. The molecule has 0 aromatic heterocycles. The third-order valence-electron chi connectivity index (χ3n) is 5.82. The molecule has 1 unspecified atom stereocenters. The molecule has 0 saturated heterocycles. The number of nitrogens with one attached hydrogen (secondary N) is 1. The van der Waals surface area contributed by atoms with Gasteiger partial charge in [-0.1, -0.05) is 97.2 Å². The monoisotopic (exact) mass is 476 g/mol. The predicted octanol–water partition coefficient (Wildman–Crippen LogP) is 5.75. The molecule has 0 radical (unpaired) electrons. The van der Waals surface area contributed by atoms with Crippen molar-refractivity contribution in [1.29, 1.82) is 0 Å². The van der Waals surface area contributed by atoms with Crippen molar-refractivity contribution in [2.75, 3.05) is 6.54 Å². The minimum Gasteiger partial charge on any atom is -0.354 e. The summed E-state index contributed by atoms with van der Waals surface area (Å²) in [6, 6.07) is 24.6. The van der Waals surface area contributed by atoms with Crippen molar-refractivity contribution in [2.45, 2.75) is 52.1 Å². The first-order valence-electron chi connectivity index (χ1n) is 11.9. The third-order valence-corrected chi connectivity index (χ3v) is 6.05. The largest absolute Gasteiger partial charge is 0.354 e. The number of nitrogens with zero attached hydrogens (tertiary/aromatic N) is 1. The Morgan fingerprint density at radius 1 is 0.912 bits per heavy atom. The Bertz CT molecular complexity index is 1070. The van der Waals surface area contributed by atoms with Crippen LogP contribution in [0.2, 0.25) is 5.02 Å². The lowest BCUT2D eigenvalue weighted by atomic mass is 10.0. The van der Waals surface area contributed by atoms with Crippen molar-refractivity contribution in [2.24, 2.45) is 0 Å². The Hall–Kier alpha value is -3.11. The molecule has 0 aliphatic heterocycles. The summed E-state index contributed by atoms with van der Waals surface area (Å²) < 4.78 is 0. The highest BCUT2D eigenvalue weighted by atomic mass is 35.5. The first-order chi connectivity index (χ1) is 16.5. The van der Waals surface area contributed by atoms with Gasteiger partial charge in [0.05, 0.1) is 6.42 Å². The highest BCUT2D eigenvalue weighted by Crippen LogP contribution is 2.19. The van der Waals surface area contributed by atoms with Crippen LogP contribution in [0.25, 0.3) is 0 Å².